The topological polar surface area (TPSA) is 17.8 Å². The van der Waals surface area contributed by atoms with E-state index in [0.29, 0.717) is 11.8 Å². The van der Waals surface area contributed by atoms with Gasteiger partial charge in [-0.2, -0.15) is 18.3 Å². The van der Waals surface area contributed by atoms with Crippen molar-refractivity contribution in [1.29, 1.82) is 0 Å². The first-order chi connectivity index (χ1) is 5.95. The molecule has 1 heterocycles. The second-order valence-electron chi connectivity index (χ2n) is 2.61. The van der Waals surface area contributed by atoms with Gasteiger partial charge in [-0.1, -0.05) is 15.9 Å². The Kier molecular flexibility index (Phi) is 3.00. The summed E-state index contributed by atoms with van der Waals surface area (Å²) in [7, 11) is 1.48. The molecule has 0 amide bonds. The van der Waals surface area contributed by atoms with Crippen LogP contribution in [0, 0.1) is 0 Å². The van der Waals surface area contributed by atoms with E-state index in [1.165, 1.54) is 17.9 Å². The van der Waals surface area contributed by atoms with Gasteiger partial charge in [0.05, 0.1) is 0 Å². The van der Waals surface area contributed by atoms with Crippen LogP contribution in [0.4, 0.5) is 13.2 Å². The van der Waals surface area contributed by atoms with Crippen LogP contribution < -0.4 is 0 Å². The Bertz CT molecular complexity index is 292. The Morgan fingerprint density at radius 2 is 2.15 bits per heavy atom. The van der Waals surface area contributed by atoms with E-state index in [1.807, 2.05) is 0 Å². The van der Waals surface area contributed by atoms with Crippen molar-refractivity contribution in [2.24, 2.45) is 7.05 Å². The summed E-state index contributed by atoms with van der Waals surface area (Å²) >= 11 is 3.09. The Morgan fingerprint density at radius 3 is 2.62 bits per heavy atom. The molecular formula is C7H8BrF3N2. The molecule has 13 heavy (non-hydrogen) atoms. The van der Waals surface area contributed by atoms with Crippen molar-refractivity contribution in [2.45, 2.75) is 12.6 Å². The first-order valence-corrected chi connectivity index (χ1v) is 4.73. The van der Waals surface area contributed by atoms with Crippen molar-refractivity contribution < 1.29 is 13.2 Å². The summed E-state index contributed by atoms with van der Waals surface area (Å²) in [6.45, 7) is 0. The SMILES string of the molecule is Cn1cc(CCBr)c(C(F)(F)F)n1. The van der Waals surface area contributed by atoms with Crippen LogP contribution in [0.3, 0.4) is 0 Å². The maximum atomic E-state index is 12.3. The number of aryl methyl sites for hydroxylation is 2. The number of aromatic nitrogens is 2. The maximum absolute atomic E-state index is 12.3. The van der Waals surface area contributed by atoms with E-state index in [0.717, 1.165) is 0 Å². The predicted octanol–water partition coefficient (Wildman–Crippen LogP) is 2.38. The molecule has 74 valence electrons. The van der Waals surface area contributed by atoms with E-state index in [2.05, 4.69) is 21.0 Å². The largest absolute Gasteiger partial charge is 0.435 e. The molecule has 1 rings (SSSR count). The highest BCUT2D eigenvalue weighted by atomic mass is 79.9. The molecular weight excluding hydrogens is 249 g/mol. The van der Waals surface area contributed by atoms with E-state index in [-0.39, 0.29) is 5.56 Å². The number of hydrogen-bond donors (Lipinski definition) is 0. The fraction of sp³-hybridized carbons (Fsp3) is 0.571. The average molecular weight is 257 g/mol. The van der Waals surface area contributed by atoms with Crippen molar-refractivity contribution in [3.8, 4) is 0 Å². The van der Waals surface area contributed by atoms with E-state index >= 15 is 0 Å². The van der Waals surface area contributed by atoms with Crippen molar-refractivity contribution in [1.82, 2.24) is 9.78 Å². The van der Waals surface area contributed by atoms with E-state index in [4.69, 9.17) is 0 Å². The molecule has 0 saturated carbocycles. The zero-order valence-electron chi connectivity index (χ0n) is 6.90. The van der Waals surface area contributed by atoms with Gasteiger partial charge >= 0.3 is 6.18 Å². The first-order valence-electron chi connectivity index (χ1n) is 3.61. The second kappa shape index (κ2) is 3.69. The standard InChI is InChI=1S/C7H8BrF3N2/c1-13-4-5(2-3-8)6(12-13)7(9,10)11/h4H,2-3H2,1H3. The first kappa shape index (κ1) is 10.6. The molecule has 0 aliphatic carbocycles. The second-order valence-corrected chi connectivity index (χ2v) is 3.41. The summed E-state index contributed by atoms with van der Waals surface area (Å²) in [5.41, 5.74) is -0.554. The molecule has 0 fully saturated rings. The highest BCUT2D eigenvalue weighted by molar-refractivity contribution is 9.09. The van der Waals surface area contributed by atoms with Crippen LogP contribution in [-0.4, -0.2) is 15.1 Å². The number of hydrogen-bond acceptors (Lipinski definition) is 1. The summed E-state index contributed by atoms with van der Waals surface area (Å²) in [5.74, 6) is 0. The number of rotatable bonds is 2. The Morgan fingerprint density at radius 1 is 1.54 bits per heavy atom. The molecule has 0 radical (unpaired) electrons. The third-order valence-electron chi connectivity index (χ3n) is 1.54. The predicted molar refractivity (Wildman–Crippen MR) is 45.7 cm³/mol. The smallest absolute Gasteiger partial charge is 0.275 e. The van der Waals surface area contributed by atoms with Crippen LogP contribution in [0.25, 0.3) is 0 Å². The normalized spacial score (nSPS) is 12.1. The summed E-state index contributed by atoms with van der Waals surface area (Å²) in [5, 5.41) is 3.87. The van der Waals surface area contributed by atoms with Gasteiger partial charge in [0, 0.05) is 24.1 Å². The van der Waals surface area contributed by atoms with Crippen molar-refractivity contribution in [3.05, 3.63) is 17.5 Å². The molecule has 1 aromatic rings. The van der Waals surface area contributed by atoms with Gasteiger partial charge in [0.15, 0.2) is 5.69 Å². The Balaban J connectivity index is 3.04. The van der Waals surface area contributed by atoms with Crippen LogP contribution in [0.15, 0.2) is 6.20 Å². The van der Waals surface area contributed by atoms with Crippen LogP contribution in [0.1, 0.15) is 11.3 Å². The lowest BCUT2D eigenvalue weighted by Gasteiger charge is -2.03. The minimum atomic E-state index is -4.35. The highest BCUT2D eigenvalue weighted by Crippen LogP contribution is 2.30. The lowest BCUT2D eigenvalue weighted by atomic mass is 10.2. The fourth-order valence-electron chi connectivity index (χ4n) is 1.06. The minimum Gasteiger partial charge on any atom is -0.275 e. The van der Waals surface area contributed by atoms with E-state index in [1.54, 1.807) is 0 Å². The Hall–Kier alpha value is -0.520. The summed E-state index contributed by atoms with van der Waals surface area (Å²) in [6, 6.07) is 0. The number of halogens is 4. The minimum absolute atomic E-state index is 0.229. The monoisotopic (exact) mass is 256 g/mol. The zero-order valence-corrected chi connectivity index (χ0v) is 8.48. The molecule has 0 N–H and O–H groups in total. The van der Waals surface area contributed by atoms with Gasteiger partial charge in [-0.25, -0.2) is 0 Å². The maximum Gasteiger partial charge on any atom is 0.435 e. The van der Waals surface area contributed by atoms with E-state index < -0.39 is 11.9 Å². The molecule has 0 atom stereocenters. The summed E-state index contributed by atoms with van der Waals surface area (Å²) < 4.78 is 38.1. The van der Waals surface area contributed by atoms with Crippen LogP contribution in [-0.2, 0) is 19.6 Å². The summed E-state index contributed by atoms with van der Waals surface area (Å²) in [4.78, 5) is 0. The molecule has 0 saturated heterocycles. The fourth-order valence-corrected chi connectivity index (χ4v) is 1.49. The number of nitrogens with zero attached hydrogens (tertiary/aromatic N) is 2. The molecule has 6 heteroatoms. The van der Waals surface area contributed by atoms with Crippen LogP contribution >= 0.6 is 15.9 Å². The average Bonchev–Trinajstić information content (AvgIpc) is 2.30. The lowest BCUT2D eigenvalue weighted by molar-refractivity contribution is -0.142. The molecule has 2 nitrogen and oxygen atoms in total. The van der Waals surface area contributed by atoms with Gasteiger partial charge in [0.2, 0.25) is 0 Å². The van der Waals surface area contributed by atoms with Gasteiger partial charge in [0.1, 0.15) is 0 Å². The van der Waals surface area contributed by atoms with Gasteiger partial charge in [-0.05, 0) is 6.42 Å². The van der Waals surface area contributed by atoms with Crippen LogP contribution in [0.5, 0.6) is 0 Å². The quantitative estimate of drug-likeness (QED) is 0.744. The molecule has 0 bridgehead atoms. The Labute approximate surface area is 81.9 Å². The van der Waals surface area contributed by atoms with E-state index in [9.17, 15) is 13.2 Å². The molecule has 0 aliphatic rings. The van der Waals surface area contributed by atoms with Gasteiger partial charge < -0.3 is 0 Å². The number of alkyl halides is 4. The third kappa shape index (κ3) is 2.46. The molecule has 0 spiro atoms. The third-order valence-corrected chi connectivity index (χ3v) is 1.93. The van der Waals surface area contributed by atoms with Crippen LogP contribution in [0.2, 0.25) is 0 Å². The summed E-state index contributed by atoms with van der Waals surface area (Å²) in [6.07, 6.45) is -2.62. The highest BCUT2D eigenvalue weighted by Gasteiger charge is 2.36. The molecule has 0 unspecified atom stereocenters. The van der Waals surface area contributed by atoms with Gasteiger partial charge in [-0.3, -0.25) is 4.68 Å². The molecule has 1 aromatic heterocycles. The van der Waals surface area contributed by atoms with Gasteiger partial charge in [0.25, 0.3) is 0 Å². The molecule has 0 aromatic carbocycles. The van der Waals surface area contributed by atoms with Gasteiger partial charge in [-0.15, -0.1) is 0 Å². The van der Waals surface area contributed by atoms with Crippen molar-refractivity contribution in [3.63, 3.8) is 0 Å². The molecule has 0 aliphatic heterocycles. The lowest BCUT2D eigenvalue weighted by Crippen LogP contribution is -2.09. The van der Waals surface area contributed by atoms with Crippen molar-refractivity contribution >= 4 is 15.9 Å². The van der Waals surface area contributed by atoms with Crippen molar-refractivity contribution in [2.75, 3.05) is 5.33 Å². The zero-order chi connectivity index (χ0) is 10.1.